The van der Waals surface area contributed by atoms with Gasteiger partial charge in [0, 0.05) is 37.0 Å². The van der Waals surface area contributed by atoms with E-state index < -0.39 is 0 Å². The molecular formula is C20H25N5O3. The number of urea groups is 1. The summed E-state index contributed by atoms with van der Waals surface area (Å²) in [4.78, 5) is 14.5. The first-order chi connectivity index (χ1) is 13.6. The molecule has 0 radical (unpaired) electrons. The highest BCUT2D eigenvalue weighted by Gasteiger charge is 2.28. The molecule has 1 unspecified atom stereocenters. The van der Waals surface area contributed by atoms with Crippen LogP contribution in [0, 0.1) is 6.92 Å². The first-order valence-electron chi connectivity index (χ1n) is 9.57. The lowest BCUT2D eigenvalue weighted by atomic mass is 9.97. The number of benzene rings is 1. The van der Waals surface area contributed by atoms with Crippen molar-refractivity contribution in [3.8, 4) is 0 Å². The molecule has 1 saturated heterocycles. The zero-order chi connectivity index (χ0) is 19.7. The lowest BCUT2D eigenvalue weighted by Crippen LogP contribution is -2.45. The third-order valence-electron chi connectivity index (χ3n) is 5.56. The van der Waals surface area contributed by atoms with Crippen LogP contribution in [0.15, 0.2) is 28.7 Å². The smallest absolute Gasteiger partial charge is 0.317 e. The molecule has 1 aliphatic rings. The second-order valence-corrected chi connectivity index (χ2v) is 7.28. The van der Waals surface area contributed by atoms with Gasteiger partial charge in [0.1, 0.15) is 23.8 Å². The number of carbonyl (C=O) groups is 1. The molecule has 4 rings (SSSR count). The first kappa shape index (κ1) is 18.5. The number of furan rings is 1. The molecule has 0 aliphatic carbocycles. The third kappa shape index (κ3) is 3.35. The van der Waals surface area contributed by atoms with Gasteiger partial charge in [-0.2, -0.15) is 0 Å². The van der Waals surface area contributed by atoms with Gasteiger partial charge in [-0.3, -0.25) is 0 Å². The monoisotopic (exact) mass is 383 g/mol. The molecule has 0 spiro atoms. The van der Waals surface area contributed by atoms with Gasteiger partial charge in [0.05, 0.1) is 6.54 Å². The number of nitrogens with one attached hydrogen (secondary N) is 1. The molecular weight excluding hydrogens is 358 g/mol. The standard InChI is InChI=1S/C20H25N5O3/c1-13-15-7-3-4-8-16(15)28-17(13)10-21-20(27)25-9-5-6-14(11-25)19-23-22-18(12-26)24(19)2/h3-4,7-8,14,26H,5-6,9-12H2,1-2H3,(H,21,27). The second kappa shape index (κ2) is 7.63. The van der Waals surface area contributed by atoms with E-state index in [4.69, 9.17) is 4.42 Å². The minimum absolute atomic E-state index is 0.103. The van der Waals surface area contributed by atoms with Crippen molar-refractivity contribution in [2.45, 2.75) is 38.8 Å². The van der Waals surface area contributed by atoms with Gasteiger partial charge >= 0.3 is 6.03 Å². The largest absolute Gasteiger partial charge is 0.459 e. The molecule has 1 aromatic carbocycles. The van der Waals surface area contributed by atoms with E-state index in [0.717, 1.165) is 41.0 Å². The zero-order valence-corrected chi connectivity index (χ0v) is 16.2. The number of amides is 2. The van der Waals surface area contributed by atoms with Gasteiger partial charge in [0.2, 0.25) is 0 Å². The lowest BCUT2D eigenvalue weighted by molar-refractivity contribution is 0.176. The van der Waals surface area contributed by atoms with Gasteiger partial charge in [0.15, 0.2) is 5.82 Å². The van der Waals surface area contributed by atoms with Crippen LogP contribution in [0.2, 0.25) is 0 Å². The fourth-order valence-electron chi connectivity index (χ4n) is 3.90. The Balaban J connectivity index is 1.41. The molecule has 3 heterocycles. The first-order valence-corrected chi connectivity index (χ1v) is 9.57. The molecule has 1 aliphatic heterocycles. The number of hydrogen-bond acceptors (Lipinski definition) is 5. The number of likely N-dealkylation sites (tertiary alicyclic amines) is 1. The number of aryl methyl sites for hydroxylation is 1. The normalized spacial score (nSPS) is 17.2. The fraction of sp³-hybridized carbons (Fsp3) is 0.450. The van der Waals surface area contributed by atoms with Gasteiger partial charge in [-0.05, 0) is 25.8 Å². The summed E-state index contributed by atoms with van der Waals surface area (Å²) >= 11 is 0. The molecule has 2 aromatic heterocycles. The summed E-state index contributed by atoms with van der Waals surface area (Å²) in [5, 5.41) is 21.6. The van der Waals surface area contributed by atoms with Crippen LogP contribution in [-0.2, 0) is 20.2 Å². The van der Waals surface area contributed by atoms with Crippen molar-refractivity contribution in [1.29, 1.82) is 0 Å². The van der Waals surface area contributed by atoms with E-state index in [1.54, 1.807) is 0 Å². The second-order valence-electron chi connectivity index (χ2n) is 7.28. The van der Waals surface area contributed by atoms with Crippen LogP contribution in [0.1, 0.15) is 41.7 Å². The highest BCUT2D eigenvalue weighted by molar-refractivity contribution is 5.82. The molecule has 8 nitrogen and oxygen atoms in total. The summed E-state index contributed by atoms with van der Waals surface area (Å²) in [6.45, 7) is 3.53. The van der Waals surface area contributed by atoms with Gasteiger partial charge in [-0.25, -0.2) is 4.79 Å². The lowest BCUT2D eigenvalue weighted by Gasteiger charge is -2.32. The van der Waals surface area contributed by atoms with Gasteiger partial charge in [-0.1, -0.05) is 18.2 Å². The summed E-state index contributed by atoms with van der Waals surface area (Å²) in [5.74, 6) is 2.25. The Morgan fingerprint density at radius 3 is 2.93 bits per heavy atom. The molecule has 2 amide bonds. The van der Waals surface area contributed by atoms with Crippen molar-refractivity contribution in [2.24, 2.45) is 7.05 Å². The average Bonchev–Trinajstić information content (AvgIpc) is 3.26. The number of aromatic nitrogens is 3. The van der Waals surface area contributed by atoms with Crippen molar-refractivity contribution in [1.82, 2.24) is 25.0 Å². The Kier molecular flexibility index (Phi) is 5.04. The van der Waals surface area contributed by atoms with Gasteiger partial charge < -0.3 is 24.3 Å². The summed E-state index contributed by atoms with van der Waals surface area (Å²) in [7, 11) is 1.85. The Morgan fingerprint density at radius 1 is 1.36 bits per heavy atom. The van der Waals surface area contributed by atoms with Crippen LogP contribution < -0.4 is 5.32 Å². The summed E-state index contributed by atoms with van der Waals surface area (Å²) in [5.41, 5.74) is 1.90. The zero-order valence-electron chi connectivity index (χ0n) is 16.2. The average molecular weight is 383 g/mol. The highest BCUT2D eigenvalue weighted by atomic mass is 16.3. The van der Waals surface area contributed by atoms with Gasteiger partial charge in [-0.15, -0.1) is 10.2 Å². The van der Waals surface area contributed by atoms with E-state index in [2.05, 4.69) is 15.5 Å². The highest BCUT2D eigenvalue weighted by Crippen LogP contribution is 2.27. The number of para-hydroxylation sites is 1. The maximum atomic E-state index is 12.7. The van der Waals surface area contributed by atoms with Crippen LogP contribution in [0.3, 0.4) is 0 Å². The van der Waals surface area contributed by atoms with E-state index in [9.17, 15) is 9.90 Å². The van der Waals surface area contributed by atoms with E-state index in [-0.39, 0.29) is 18.6 Å². The molecule has 0 bridgehead atoms. The minimum Gasteiger partial charge on any atom is -0.459 e. The Morgan fingerprint density at radius 2 is 2.18 bits per heavy atom. The van der Waals surface area contributed by atoms with Crippen LogP contribution in [-0.4, -0.2) is 43.9 Å². The van der Waals surface area contributed by atoms with Crippen LogP contribution in [0.25, 0.3) is 11.0 Å². The third-order valence-corrected chi connectivity index (χ3v) is 5.56. The van der Waals surface area contributed by atoms with Crippen molar-refractivity contribution >= 4 is 17.0 Å². The van der Waals surface area contributed by atoms with E-state index >= 15 is 0 Å². The van der Waals surface area contributed by atoms with E-state index in [0.29, 0.717) is 25.5 Å². The Bertz CT molecular complexity index is 993. The molecule has 2 N–H and O–H groups in total. The van der Waals surface area contributed by atoms with Gasteiger partial charge in [0.25, 0.3) is 0 Å². The topological polar surface area (TPSA) is 96.4 Å². The molecule has 8 heteroatoms. The number of aliphatic hydroxyl groups excluding tert-OH is 1. The molecule has 148 valence electrons. The van der Waals surface area contributed by atoms with E-state index in [1.165, 1.54) is 0 Å². The maximum Gasteiger partial charge on any atom is 0.317 e. The van der Waals surface area contributed by atoms with Crippen molar-refractivity contribution in [3.63, 3.8) is 0 Å². The molecule has 1 fully saturated rings. The van der Waals surface area contributed by atoms with Crippen molar-refractivity contribution < 1.29 is 14.3 Å². The molecule has 3 aromatic rings. The number of fused-ring (bicyclic) bond motifs is 1. The minimum atomic E-state index is -0.142. The summed E-state index contributed by atoms with van der Waals surface area (Å²) in [6, 6.07) is 7.78. The number of piperidine rings is 1. The SMILES string of the molecule is Cc1c(CNC(=O)N2CCCC(c3nnc(CO)n3C)C2)oc2ccccc12. The predicted molar refractivity (Wildman–Crippen MR) is 104 cm³/mol. The van der Waals surface area contributed by atoms with Crippen LogP contribution >= 0.6 is 0 Å². The molecule has 0 saturated carbocycles. The van der Waals surface area contributed by atoms with Crippen LogP contribution in [0.5, 0.6) is 0 Å². The number of hydrogen-bond donors (Lipinski definition) is 2. The van der Waals surface area contributed by atoms with E-state index in [1.807, 2.05) is 47.7 Å². The predicted octanol–water partition coefficient (Wildman–Crippen LogP) is 2.45. The Labute approximate surface area is 163 Å². The summed E-state index contributed by atoms with van der Waals surface area (Å²) < 4.78 is 7.70. The van der Waals surface area contributed by atoms with Crippen molar-refractivity contribution in [3.05, 3.63) is 47.2 Å². The van der Waals surface area contributed by atoms with Crippen LogP contribution in [0.4, 0.5) is 4.79 Å². The number of aliphatic hydroxyl groups is 1. The number of rotatable bonds is 4. The quantitative estimate of drug-likeness (QED) is 0.721. The number of nitrogens with zero attached hydrogens (tertiary/aromatic N) is 4. The van der Waals surface area contributed by atoms with Crippen molar-refractivity contribution in [2.75, 3.05) is 13.1 Å². The fourth-order valence-corrected chi connectivity index (χ4v) is 3.90. The summed E-state index contributed by atoms with van der Waals surface area (Å²) in [6.07, 6.45) is 1.85. The molecule has 1 atom stereocenters. The Hall–Kier alpha value is -2.87. The molecule has 28 heavy (non-hydrogen) atoms. The number of carbonyl (C=O) groups excluding carboxylic acids is 1. The maximum absolute atomic E-state index is 12.7.